The van der Waals surface area contributed by atoms with Gasteiger partial charge in [-0.15, -0.1) is 0 Å². The molecule has 0 fully saturated rings. The molecule has 0 spiro atoms. The Morgan fingerprint density at radius 1 is 1.29 bits per heavy atom. The maximum Gasteiger partial charge on any atom is 0.339 e. The van der Waals surface area contributed by atoms with Gasteiger partial charge in [-0.3, -0.25) is 0 Å². The van der Waals surface area contributed by atoms with Crippen molar-refractivity contribution >= 4 is 46.6 Å². The molecule has 2 rings (SSSR count). The zero-order valence-corrected chi connectivity index (χ0v) is 13.6. The summed E-state index contributed by atoms with van der Waals surface area (Å²) in [6.07, 6.45) is 0. The molecule has 0 heterocycles. The van der Waals surface area contributed by atoms with E-state index in [1.807, 2.05) is 12.1 Å². The summed E-state index contributed by atoms with van der Waals surface area (Å²) < 4.78 is 5.05. The van der Waals surface area contributed by atoms with E-state index in [0.29, 0.717) is 26.2 Å². The minimum atomic E-state index is -0.448. The van der Waals surface area contributed by atoms with Crippen molar-refractivity contribution in [3.63, 3.8) is 0 Å². The topological polar surface area (TPSA) is 52.3 Å². The molecule has 6 heteroatoms. The average molecular weight is 342 g/mol. The lowest BCUT2D eigenvalue weighted by atomic mass is 10.2. The van der Waals surface area contributed by atoms with E-state index in [4.69, 9.17) is 33.7 Å². The Labute approximate surface area is 137 Å². The molecule has 3 nitrogen and oxygen atoms in total. The number of hydrogen-bond acceptors (Lipinski definition) is 4. The number of halogens is 2. The fraction of sp³-hybridized carbons (Fsp3) is 0.133. The van der Waals surface area contributed by atoms with Crippen molar-refractivity contribution < 1.29 is 9.53 Å². The van der Waals surface area contributed by atoms with Gasteiger partial charge < -0.3 is 10.5 Å². The highest BCUT2D eigenvalue weighted by molar-refractivity contribution is 7.99. The summed E-state index contributed by atoms with van der Waals surface area (Å²) in [7, 11) is 0. The van der Waals surface area contributed by atoms with E-state index in [0.717, 1.165) is 4.90 Å². The first-order chi connectivity index (χ1) is 10.0. The van der Waals surface area contributed by atoms with E-state index >= 15 is 0 Å². The molecule has 0 unspecified atom stereocenters. The monoisotopic (exact) mass is 341 g/mol. The van der Waals surface area contributed by atoms with Gasteiger partial charge in [-0.25, -0.2) is 4.79 Å². The zero-order chi connectivity index (χ0) is 15.4. The molecule has 0 atom stereocenters. The molecule has 0 aromatic heterocycles. The minimum absolute atomic E-state index is 0.284. The third kappa shape index (κ3) is 4.06. The number of anilines is 1. The van der Waals surface area contributed by atoms with E-state index in [-0.39, 0.29) is 6.61 Å². The molecule has 0 saturated heterocycles. The van der Waals surface area contributed by atoms with Crippen molar-refractivity contribution in [3.8, 4) is 0 Å². The van der Waals surface area contributed by atoms with Crippen LogP contribution < -0.4 is 5.73 Å². The lowest BCUT2D eigenvalue weighted by Gasteiger charge is -2.12. The van der Waals surface area contributed by atoms with Crippen LogP contribution in [0.2, 0.25) is 10.0 Å². The van der Waals surface area contributed by atoms with Crippen LogP contribution in [0.15, 0.2) is 46.2 Å². The molecule has 2 aromatic carbocycles. The third-order valence-electron chi connectivity index (χ3n) is 2.58. The van der Waals surface area contributed by atoms with Crippen LogP contribution in [0.4, 0.5) is 5.69 Å². The lowest BCUT2D eigenvalue weighted by Crippen LogP contribution is -2.07. The predicted octanol–water partition coefficient (Wildman–Crippen LogP) is 4.90. The van der Waals surface area contributed by atoms with E-state index in [9.17, 15) is 4.79 Å². The Balaban J connectivity index is 2.44. The van der Waals surface area contributed by atoms with Gasteiger partial charge in [0, 0.05) is 20.5 Å². The van der Waals surface area contributed by atoms with Gasteiger partial charge in [0.25, 0.3) is 0 Å². The molecular weight excluding hydrogens is 329 g/mol. The summed E-state index contributed by atoms with van der Waals surface area (Å²) in [5.74, 6) is -0.448. The van der Waals surface area contributed by atoms with Gasteiger partial charge in [-0.05, 0) is 37.3 Å². The molecule has 0 radical (unpaired) electrons. The molecule has 110 valence electrons. The number of rotatable bonds is 4. The van der Waals surface area contributed by atoms with Crippen LogP contribution in [-0.2, 0) is 4.74 Å². The number of ether oxygens (including phenoxy) is 1. The lowest BCUT2D eigenvalue weighted by molar-refractivity contribution is 0.0522. The van der Waals surface area contributed by atoms with Crippen molar-refractivity contribution in [2.45, 2.75) is 16.7 Å². The highest BCUT2D eigenvalue weighted by Crippen LogP contribution is 2.38. The van der Waals surface area contributed by atoms with Gasteiger partial charge in [-0.2, -0.15) is 0 Å². The highest BCUT2D eigenvalue weighted by Gasteiger charge is 2.18. The van der Waals surface area contributed by atoms with Crippen molar-refractivity contribution in [3.05, 3.63) is 52.0 Å². The molecule has 0 aliphatic carbocycles. The smallest absolute Gasteiger partial charge is 0.339 e. The molecular formula is C15H13Cl2NO2S. The van der Waals surface area contributed by atoms with Crippen molar-refractivity contribution in [1.82, 2.24) is 0 Å². The number of nitrogen functional groups attached to an aromatic ring is 1. The van der Waals surface area contributed by atoms with E-state index < -0.39 is 5.97 Å². The maximum absolute atomic E-state index is 12.1. The fourth-order valence-electron chi connectivity index (χ4n) is 1.73. The van der Waals surface area contributed by atoms with Crippen molar-refractivity contribution in [2.24, 2.45) is 0 Å². The molecule has 0 aliphatic rings. The summed E-state index contributed by atoms with van der Waals surface area (Å²) in [5.41, 5.74) is 6.53. The van der Waals surface area contributed by atoms with Gasteiger partial charge in [0.15, 0.2) is 0 Å². The summed E-state index contributed by atoms with van der Waals surface area (Å²) in [6, 6.07) is 10.5. The normalized spacial score (nSPS) is 10.4. The van der Waals surface area contributed by atoms with Gasteiger partial charge in [0.05, 0.1) is 17.2 Å². The second kappa shape index (κ2) is 7.07. The first-order valence-electron chi connectivity index (χ1n) is 6.20. The molecule has 21 heavy (non-hydrogen) atoms. The summed E-state index contributed by atoms with van der Waals surface area (Å²) in [6.45, 7) is 2.03. The Kier molecular flexibility index (Phi) is 5.39. The van der Waals surface area contributed by atoms with E-state index in [1.165, 1.54) is 11.8 Å². The van der Waals surface area contributed by atoms with E-state index in [2.05, 4.69) is 0 Å². The van der Waals surface area contributed by atoms with Gasteiger partial charge in [0.2, 0.25) is 0 Å². The second-order valence-corrected chi connectivity index (χ2v) is 6.09. The number of hydrogen-bond donors (Lipinski definition) is 1. The average Bonchev–Trinajstić information content (AvgIpc) is 2.42. The first kappa shape index (κ1) is 16.0. The van der Waals surface area contributed by atoms with Crippen LogP contribution in [-0.4, -0.2) is 12.6 Å². The molecule has 0 amide bonds. The Morgan fingerprint density at radius 3 is 2.71 bits per heavy atom. The van der Waals surface area contributed by atoms with Crippen molar-refractivity contribution in [1.29, 1.82) is 0 Å². The first-order valence-corrected chi connectivity index (χ1v) is 7.78. The van der Waals surface area contributed by atoms with Crippen LogP contribution in [0.1, 0.15) is 17.3 Å². The van der Waals surface area contributed by atoms with Gasteiger partial charge >= 0.3 is 5.97 Å². The number of benzene rings is 2. The van der Waals surface area contributed by atoms with Crippen LogP contribution in [0, 0.1) is 0 Å². The quantitative estimate of drug-likeness (QED) is 0.634. The Hall–Kier alpha value is -1.36. The second-order valence-electron chi connectivity index (χ2n) is 4.16. The van der Waals surface area contributed by atoms with Gasteiger partial charge in [-0.1, -0.05) is 41.0 Å². The predicted molar refractivity (Wildman–Crippen MR) is 87.4 cm³/mol. The molecule has 0 saturated carbocycles. The van der Waals surface area contributed by atoms with E-state index in [1.54, 1.807) is 31.2 Å². The SMILES string of the molecule is CCOC(=O)c1cc(N)cc(Cl)c1Sc1cccc(Cl)c1. The fourth-order valence-corrected chi connectivity index (χ4v) is 3.30. The van der Waals surface area contributed by atoms with Gasteiger partial charge in [0.1, 0.15) is 0 Å². The maximum atomic E-state index is 12.1. The molecule has 0 bridgehead atoms. The Morgan fingerprint density at radius 2 is 2.05 bits per heavy atom. The minimum Gasteiger partial charge on any atom is -0.462 e. The molecule has 0 aliphatic heterocycles. The van der Waals surface area contributed by atoms with Crippen LogP contribution in [0.25, 0.3) is 0 Å². The number of esters is 1. The number of carbonyl (C=O) groups is 1. The summed E-state index contributed by atoms with van der Waals surface area (Å²) >= 11 is 13.5. The number of nitrogens with two attached hydrogens (primary N) is 1. The van der Waals surface area contributed by atoms with Crippen molar-refractivity contribution in [2.75, 3.05) is 12.3 Å². The van der Waals surface area contributed by atoms with Crippen LogP contribution in [0.3, 0.4) is 0 Å². The molecule has 2 aromatic rings. The Bertz CT molecular complexity index is 677. The third-order valence-corrected chi connectivity index (χ3v) is 4.36. The molecule has 2 N–H and O–H groups in total. The summed E-state index contributed by atoms with van der Waals surface area (Å²) in [5, 5.41) is 1.02. The standard InChI is InChI=1S/C15H13Cl2NO2S/c1-2-20-15(19)12-7-10(18)8-13(17)14(12)21-11-5-3-4-9(16)6-11/h3-8H,2,18H2,1H3. The number of carbonyl (C=O) groups excluding carboxylic acids is 1. The van der Waals surface area contributed by atoms with Crippen LogP contribution >= 0.6 is 35.0 Å². The highest BCUT2D eigenvalue weighted by atomic mass is 35.5. The summed E-state index contributed by atoms with van der Waals surface area (Å²) in [4.78, 5) is 13.5. The van der Waals surface area contributed by atoms with Crippen LogP contribution in [0.5, 0.6) is 0 Å². The zero-order valence-electron chi connectivity index (χ0n) is 11.2. The largest absolute Gasteiger partial charge is 0.462 e.